The smallest absolute Gasteiger partial charge is 0.303 e. The van der Waals surface area contributed by atoms with Gasteiger partial charge in [0.2, 0.25) is 5.91 Å². The number of hydrogen-bond donors (Lipinski definition) is 4. The minimum absolute atomic E-state index is 0.107. The van der Waals surface area contributed by atoms with Crippen molar-refractivity contribution in [3.8, 4) is 0 Å². The fourth-order valence-corrected chi connectivity index (χ4v) is 4.66. The summed E-state index contributed by atoms with van der Waals surface area (Å²) in [5.41, 5.74) is 6.52. The second kappa shape index (κ2) is 9.39. The fraction of sp³-hybridized carbons (Fsp3) is 0.591. The molecule has 1 aliphatic heterocycles. The van der Waals surface area contributed by atoms with E-state index in [4.69, 9.17) is 10.8 Å². The van der Waals surface area contributed by atoms with E-state index in [0.29, 0.717) is 30.7 Å². The van der Waals surface area contributed by atoms with Crippen molar-refractivity contribution in [3.05, 3.63) is 35.4 Å². The van der Waals surface area contributed by atoms with Gasteiger partial charge in [-0.25, -0.2) is 0 Å². The summed E-state index contributed by atoms with van der Waals surface area (Å²) in [4.78, 5) is 35.5. The van der Waals surface area contributed by atoms with Crippen LogP contribution in [0.3, 0.4) is 0 Å². The van der Waals surface area contributed by atoms with Crippen LogP contribution in [0, 0.1) is 5.92 Å². The number of carboxylic acid groups (broad SMARTS) is 1. The number of carbonyl (C=O) groups is 3. The number of nitrogens with two attached hydrogens (primary N) is 1. The van der Waals surface area contributed by atoms with Crippen molar-refractivity contribution < 1.29 is 19.5 Å². The van der Waals surface area contributed by atoms with Crippen LogP contribution in [-0.2, 0) is 15.0 Å². The molecule has 2 fully saturated rings. The van der Waals surface area contributed by atoms with E-state index in [-0.39, 0.29) is 24.3 Å². The predicted octanol–water partition coefficient (Wildman–Crippen LogP) is 1.95. The normalized spacial score (nSPS) is 23.9. The third-order valence-electron chi connectivity index (χ3n) is 6.58. The zero-order valence-electron chi connectivity index (χ0n) is 16.8. The number of carbonyl (C=O) groups excluding carboxylic acids is 2. The molecule has 1 heterocycles. The molecule has 158 valence electrons. The summed E-state index contributed by atoms with van der Waals surface area (Å²) < 4.78 is 0. The molecule has 1 aromatic carbocycles. The lowest BCUT2D eigenvalue weighted by molar-refractivity contribution is -0.137. The summed E-state index contributed by atoms with van der Waals surface area (Å²) >= 11 is 0. The molecule has 0 radical (unpaired) electrons. The molecule has 1 saturated carbocycles. The number of piperidine rings is 1. The number of aliphatic carboxylic acids is 1. The Labute approximate surface area is 171 Å². The van der Waals surface area contributed by atoms with Crippen molar-refractivity contribution in [3.63, 3.8) is 0 Å². The first-order valence-corrected chi connectivity index (χ1v) is 10.5. The SMILES string of the molecule is NC(=O)C1(c2ccc(C(=O)NC3CCC(CCC(=O)O)CC3)cc2)CCNCC1. The van der Waals surface area contributed by atoms with Crippen molar-refractivity contribution in [2.24, 2.45) is 11.7 Å². The van der Waals surface area contributed by atoms with Gasteiger partial charge in [-0.2, -0.15) is 0 Å². The van der Waals surface area contributed by atoms with E-state index in [2.05, 4.69) is 10.6 Å². The Kier molecular flexibility index (Phi) is 6.90. The molecule has 0 bridgehead atoms. The first-order chi connectivity index (χ1) is 13.9. The molecule has 7 heteroatoms. The molecule has 1 aliphatic carbocycles. The average Bonchev–Trinajstić information content (AvgIpc) is 2.73. The van der Waals surface area contributed by atoms with Crippen LogP contribution in [0.1, 0.15) is 67.3 Å². The standard InChI is InChI=1S/C22H31N3O4/c23-21(29)22(11-13-24-14-12-22)17-6-4-16(5-7-17)20(28)25-18-8-1-15(2-9-18)3-10-19(26)27/h4-7,15,18,24H,1-3,8-14H2,(H2,23,29)(H,25,28)(H,26,27). The number of carboxylic acids is 1. The van der Waals surface area contributed by atoms with Crippen LogP contribution in [0.15, 0.2) is 24.3 Å². The first-order valence-electron chi connectivity index (χ1n) is 10.5. The van der Waals surface area contributed by atoms with E-state index < -0.39 is 11.4 Å². The Balaban J connectivity index is 1.56. The second-order valence-electron chi connectivity index (χ2n) is 8.40. The van der Waals surface area contributed by atoms with Crippen LogP contribution < -0.4 is 16.4 Å². The maximum absolute atomic E-state index is 12.6. The van der Waals surface area contributed by atoms with Gasteiger partial charge in [-0.05, 0) is 81.6 Å². The van der Waals surface area contributed by atoms with E-state index >= 15 is 0 Å². The van der Waals surface area contributed by atoms with Crippen molar-refractivity contribution in [2.45, 2.75) is 62.8 Å². The van der Waals surface area contributed by atoms with Crippen molar-refractivity contribution in [1.29, 1.82) is 0 Å². The highest BCUT2D eigenvalue weighted by molar-refractivity contribution is 5.95. The number of benzene rings is 1. The topological polar surface area (TPSA) is 122 Å². The predicted molar refractivity (Wildman–Crippen MR) is 110 cm³/mol. The molecule has 7 nitrogen and oxygen atoms in total. The Bertz CT molecular complexity index is 733. The molecule has 1 aromatic rings. The molecular formula is C22H31N3O4. The highest BCUT2D eigenvalue weighted by atomic mass is 16.4. The van der Waals surface area contributed by atoms with Gasteiger partial charge in [0.15, 0.2) is 0 Å². The molecule has 1 saturated heterocycles. The van der Waals surface area contributed by atoms with Gasteiger partial charge in [-0.15, -0.1) is 0 Å². The minimum atomic E-state index is -0.744. The highest BCUT2D eigenvalue weighted by Gasteiger charge is 2.39. The Hall–Kier alpha value is -2.41. The zero-order chi connectivity index (χ0) is 20.9. The molecule has 0 aromatic heterocycles. The summed E-state index contributed by atoms with van der Waals surface area (Å²) in [5.74, 6) is -0.722. The highest BCUT2D eigenvalue weighted by Crippen LogP contribution is 2.33. The molecule has 2 aliphatic rings. The van der Waals surface area contributed by atoms with Crippen LogP contribution >= 0.6 is 0 Å². The molecule has 29 heavy (non-hydrogen) atoms. The fourth-order valence-electron chi connectivity index (χ4n) is 4.66. The van der Waals surface area contributed by atoms with Gasteiger partial charge >= 0.3 is 5.97 Å². The van der Waals surface area contributed by atoms with Gasteiger partial charge in [-0.3, -0.25) is 14.4 Å². The lowest BCUT2D eigenvalue weighted by atomic mass is 9.72. The lowest BCUT2D eigenvalue weighted by Crippen LogP contribution is -2.48. The van der Waals surface area contributed by atoms with Gasteiger partial charge in [0.05, 0.1) is 5.41 Å². The van der Waals surface area contributed by atoms with Gasteiger partial charge in [0.25, 0.3) is 5.91 Å². The van der Waals surface area contributed by atoms with Gasteiger partial charge in [0, 0.05) is 18.0 Å². The van der Waals surface area contributed by atoms with Gasteiger partial charge < -0.3 is 21.5 Å². The second-order valence-corrected chi connectivity index (χ2v) is 8.40. The quantitative estimate of drug-likeness (QED) is 0.556. The van der Waals surface area contributed by atoms with E-state index in [1.165, 1.54) is 0 Å². The number of amides is 2. The molecule has 5 N–H and O–H groups in total. The molecular weight excluding hydrogens is 370 g/mol. The van der Waals surface area contributed by atoms with Gasteiger partial charge in [-0.1, -0.05) is 12.1 Å². The summed E-state index contributed by atoms with van der Waals surface area (Å²) in [6.07, 6.45) is 5.93. The maximum atomic E-state index is 12.6. The summed E-state index contributed by atoms with van der Waals surface area (Å²) in [6, 6.07) is 7.39. The summed E-state index contributed by atoms with van der Waals surface area (Å²) in [6.45, 7) is 1.50. The zero-order valence-corrected chi connectivity index (χ0v) is 16.8. The number of rotatable bonds is 7. The van der Waals surface area contributed by atoms with Crippen LogP contribution in [0.2, 0.25) is 0 Å². The number of primary amides is 1. The molecule has 0 unspecified atom stereocenters. The summed E-state index contributed by atoms with van der Waals surface area (Å²) in [5, 5.41) is 15.2. The Morgan fingerprint density at radius 3 is 2.24 bits per heavy atom. The van der Waals surface area contributed by atoms with E-state index in [1.807, 2.05) is 12.1 Å². The van der Waals surface area contributed by atoms with E-state index in [0.717, 1.165) is 44.3 Å². The minimum Gasteiger partial charge on any atom is -0.481 e. The molecule has 0 atom stereocenters. The van der Waals surface area contributed by atoms with Crippen LogP contribution in [-0.4, -0.2) is 42.0 Å². The number of hydrogen-bond acceptors (Lipinski definition) is 4. The Morgan fingerprint density at radius 1 is 1.07 bits per heavy atom. The first kappa shape index (κ1) is 21.3. The third-order valence-corrected chi connectivity index (χ3v) is 6.58. The molecule has 2 amide bonds. The van der Waals surface area contributed by atoms with Crippen molar-refractivity contribution in [1.82, 2.24) is 10.6 Å². The lowest BCUT2D eigenvalue weighted by Gasteiger charge is -2.35. The third kappa shape index (κ3) is 5.15. The van der Waals surface area contributed by atoms with Crippen LogP contribution in [0.4, 0.5) is 0 Å². The van der Waals surface area contributed by atoms with E-state index in [9.17, 15) is 14.4 Å². The van der Waals surface area contributed by atoms with Crippen LogP contribution in [0.5, 0.6) is 0 Å². The average molecular weight is 402 g/mol. The monoisotopic (exact) mass is 401 g/mol. The maximum Gasteiger partial charge on any atom is 0.303 e. The van der Waals surface area contributed by atoms with Crippen molar-refractivity contribution >= 4 is 17.8 Å². The Morgan fingerprint density at radius 2 is 1.69 bits per heavy atom. The number of nitrogens with one attached hydrogen (secondary N) is 2. The molecule has 3 rings (SSSR count). The van der Waals surface area contributed by atoms with Gasteiger partial charge in [0.1, 0.15) is 0 Å². The van der Waals surface area contributed by atoms with Crippen LogP contribution in [0.25, 0.3) is 0 Å². The largest absolute Gasteiger partial charge is 0.481 e. The molecule has 0 spiro atoms. The summed E-state index contributed by atoms with van der Waals surface area (Å²) in [7, 11) is 0. The van der Waals surface area contributed by atoms with Crippen molar-refractivity contribution in [2.75, 3.05) is 13.1 Å². The van der Waals surface area contributed by atoms with E-state index in [1.54, 1.807) is 12.1 Å².